The Balaban J connectivity index is 2.07. The number of anilines is 1. The van der Waals surface area contributed by atoms with E-state index >= 15 is 0 Å². The normalized spacial score (nSPS) is 10.5. The van der Waals surface area contributed by atoms with Crippen molar-refractivity contribution in [3.05, 3.63) is 54.1 Å². The summed E-state index contributed by atoms with van der Waals surface area (Å²) in [5.74, 6) is 1.55. The highest BCUT2D eigenvalue weighted by atomic mass is 16.5. The first-order valence-corrected chi connectivity index (χ1v) is 7.54. The maximum atomic E-state index is 5.91. The van der Waals surface area contributed by atoms with Gasteiger partial charge in [0, 0.05) is 11.1 Å². The third-order valence-corrected chi connectivity index (χ3v) is 3.77. The molecular formula is C19H19N3O2. The Hall–Kier alpha value is -3.08. The molecule has 0 saturated heterocycles. The largest absolute Gasteiger partial charge is 0.493 e. The van der Waals surface area contributed by atoms with Gasteiger partial charge in [0.15, 0.2) is 11.5 Å². The van der Waals surface area contributed by atoms with Crippen LogP contribution in [0.5, 0.6) is 11.5 Å². The van der Waals surface area contributed by atoms with Gasteiger partial charge in [-0.2, -0.15) is 0 Å². The molecule has 0 spiro atoms. The third kappa shape index (κ3) is 3.15. The number of aryl methyl sites for hydroxylation is 1. The summed E-state index contributed by atoms with van der Waals surface area (Å²) in [6, 6.07) is 15.7. The minimum atomic E-state index is 0.234. The Bertz CT molecular complexity index is 861. The number of nitrogens with zero attached hydrogens (tertiary/aromatic N) is 2. The van der Waals surface area contributed by atoms with E-state index in [9.17, 15) is 0 Å². The van der Waals surface area contributed by atoms with E-state index < -0.39 is 0 Å². The quantitative estimate of drug-likeness (QED) is 0.793. The molecule has 0 radical (unpaired) electrons. The van der Waals surface area contributed by atoms with E-state index in [2.05, 4.69) is 9.97 Å². The molecule has 3 aromatic rings. The fourth-order valence-electron chi connectivity index (χ4n) is 2.48. The molecule has 5 heteroatoms. The van der Waals surface area contributed by atoms with E-state index in [0.717, 1.165) is 22.5 Å². The molecule has 0 bridgehead atoms. The SMILES string of the molecule is COc1ccc(-c2cc(-c3ccc(C)cc3)nc(N)n2)cc1OC. The van der Waals surface area contributed by atoms with Crippen molar-refractivity contribution in [2.75, 3.05) is 20.0 Å². The van der Waals surface area contributed by atoms with Crippen LogP contribution in [0.25, 0.3) is 22.5 Å². The highest BCUT2D eigenvalue weighted by Crippen LogP contribution is 2.33. The maximum absolute atomic E-state index is 5.91. The van der Waals surface area contributed by atoms with E-state index in [1.54, 1.807) is 14.2 Å². The Morgan fingerprint density at radius 2 is 1.33 bits per heavy atom. The van der Waals surface area contributed by atoms with Crippen LogP contribution in [0.4, 0.5) is 5.95 Å². The summed E-state index contributed by atoms with van der Waals surface area (Å²) in [4.78, 5) is 8.69. The van der Waals surface area contributed by atoms with Crippen molar-refractivity contribution < 1.29 is 9.47 Å². The number of aromatic nitrogens is 2. The third-order valence-electron chi connectivity index (χ3n) is 3.77. The smallest absolute Gasteiger partial charge is 0.221 e. The molecular weight excluding hydrogens is 302 g/mol. The van der Waals surface area contributed by atoms with Crippen LogP contribution >= 0.6 is 0 Å². The number of hydrogen-bond acceptors (Lipinski definition) is 5. The van der Waals surface area contributed by atoms with Crippen molar-refractivity contribution in [2.24, 2.45) is 0 Å². The van der Waals surface area contributed by atoms with Gasteiger partial charge in [-0.05, 0) is 31.2 Å². The molecule has 24 heavy (non-hydrogen) atoms. The van der Waals surface area contributed by atoms with Crippen LogP contribution in [0.2, 0.25) is 0 Å². The molecule has 0 aliphatic heterocycles. The fraction of sp³-hybridized carbons (Fsp3) is 0.158. The first kappa shape index (κ1) is 15.8. The number of methoxy groups -OCH3 is 2. The molecule has 122 valence electrons. The van der Waals surface area contributed by atoms with Crippen LogP contribution in [0.3, 0.4) is 0 Å². The van der Waals surface area contributed by atoms with Gasteiger partial charge < -0.3 is 15.2 Å². The van der Waals surface area contributed by atoms with Gasteiger partial charge in [0.2, 0.25) is 5.95 Å². The van der Waals surface area contributed by atoms with Crippen molar-refractivity contribution in [1.82, 2.24) is 9.97 Å². The monoisotopic (exact) mass is 321 g/mol. The highest BCUT2D eigenvalue weighted by Gasteiger charge is 2.10. The number of nitrogens with two attached hydrogens (primary N) is 1. The van der Waals surface area contributed by atoms with Crippen LogP contribution in [0, 0.1) is 6.92 Å². The number of nitrogen functional groups attached to an aromatic ring is 1. The van der Waals surface area contributed by atoms with E-state index in [-0.39, 0.29) is 5.95 Å². The molecule has 1 heterocycles. The van der Waals surface area contributed by atoms with Crippen molar-refractivity contribution >= 4 is 5.95 Å². The predicted octanol–water partition coefficient (Wildman–Crippen LogP) is 3.72. The molecule has 0 saturated carbocycles. The molecule has 3 rings (SSSR count). The summed E-state index contributed by atoms with van der Waals surface area (Å²) in [5.41, 5.74) is 10.5. The Kier molecular flexibility index (Phi) is 4.33. The zero-order valence-corrected chi connectivity index (χ0v) is 13.9. The van der Waals surface area contributed by atoms with Crippen molar-refractivity contribution in [3.8, 4) is 34.0 Å². The van der Waals surface area contributed by atoms with Crippen LogP contribution in [-0.4, -0.2) is 24.2 Å². The van der Waals surface area contributed by atoms with Gasteiger partial charge in [0.25, 0.3) is 0 Å². The second-order valence-electron chi connectivity index (χ2n) is 5.43. The Morgan fingerprint density at radius 1 is 0.750 bits per heavy atom. The van der Waals surface area contributed by atoms with Crippen molar-refractivity contribution in [1.29, 1.82) is 0 Å². The molecule has 0 aliphatic carbocycles. The summed E-state index contributed by atoms with van der Waals surface area (Å²) in [6.45, 7) is 2.05. The second-order valence-corrected chi connectivity index (χ2v) is 5.43. The van der Waals surface area contributed by atoms with Gasteiger partial charge in [-0.1, -0.05) is 29.8 Å². The summed E-state index contributed by atoms with van der Waals surface area (Å²) in [6.07, 6.45) is 0. The molecule has 2 N–H and O–H groups in total. The fourth-order valence-corrected chi connectivity index (χ4v) is 2.48. The lowest BCUT2D eigenvalue weighted by molar-refractivity contribution is 0.355. The number of benzene rings is 2. The van der Waals surface area contributed by atoms with Crippen LogP contribution in [-0.2, 0) is 0 Å². The molecule has 0 unspecified atom stereocenters. The first-order chi connectivity index (χ1) is 11.6. The highest BCUT2D eigenvalue weighted by molar-refractivity contribution is 5.71. The molecule has 0 atom stereocenters. The number of rotatable bonds is 4. The van der Waals surface area contributed by atoms with Gasteiger partial charge in [-0.15, -0.1) is 0 Å². The van der Waals surface area contributed by atoms with E-state index in [1.165, 1.54) is 5.56 Å². The molecule has 5 nitrogen and oxygen atoms in total. The predicted molar refractivity (Wildman–Crippen MR) is 95.2 cm³/mol. The summed E-state index contributed by atoms with van der Waals surface area (Å²) in [5, 5.41) is 0. The van der Waals surface area contributed by atoms with Gasteiger partial charge in [0.05, 0.1) is 25.6 Å². The van der Waals surface area contributed by atoms with Crippen molar-refractivity contribution in [3.63, 3.8) is 0 Å². The molecule has 0 aliphatic rings. The summed E-state index contributed by atoms with van der Waals surface area (Å²) in [7, 11) is 3.21. The molecule has 0 amide bonds. The van der Waals surface area contributed by atoms with Crippen LogP contribution < -0.4 is 15.2 Å². The molecule has 2 aromatic carbocycles. The van der Waals surface area contributed by atoms with E-state index in [4.69, 9.17) is 15.2 Å². The van der Waals surface area contributed by atoms with Crippen LogP contribution in [0.15, 0.2) is 48.5 Å². The zero-order valence-electron chi connectivity index (χ0n) is 13.9. The summed E-state index contributed by atoms with van der Waals surface area (Å²) < 4.78 is 10.6. The molecule has 1 aromatic heterocycles. The van der Waals surface area contributed by atoms with E-state index in [0.29, 0.717) is 11.5 Å². The van der Waals surface area contributed by atoms with Gasteiger partial charge >= 0.3 is 0 Å². The van der Waals surface area contributed by atoms with Crippen LogP contribution in [0.1, 0.15) is 5.56 Å². The molecule has 0 fully saturated rings. The Labute approximate surface area is 141 Å². The van der Waals surface area contributed by atoms with Gasteiger partial charge in [-0.3, -0.25) is 0 Å². The minimum Gasteiger partial charge on any atom is -0.493 e. The topological polar surface area (TPSA) is 70.3 Å². The Morgan fingerprint density at radius 3 is 1.96 bits per heavy atom. The zero-order chi connectivity index (χ0) is 17.1. The van der Waals surface area contributed by atoms with Gasteiger partial charge in [0.1, 0.15) is 0 Å². The van der Waals surface area contributed by atoms with Crippen molar-refractivity contribution in [2.45, 2.75) is 6.92 Å². The lowest BCUT2D eigenvalue weighted by Gasteiger charge is -2.10. The average Bonchev–Trinajstić information content (AvgIpc) is 2.61. The minimum absolute atomic E-state index is 0.234. The number of hydrogen-bond donors (Lipinski definition) is 1. The van der Waals surface area contributed by atoms with E-state index in [1.807, 2.05) is 55.5 Å². The maximum Gasteiger partial charge on any atom is 0.221 e. The average molecular weight is 321 g/mol. The lowest BCUT2D eigenvalue weighted by atomic mass is 10.1. The van der Waals surface area contributed by atoms with Gasteiger partial charge in [-0.25, -0.2) is 9.97 Å². The lowest BCUT2D eigenvalue weighted by Crippen LogP contribution is -1.99. The second kappa shape index (κ2) is 6.58. The standard InChI is InChI=1S/C19H19N3O2/c1-12-4-6-13(7-5-12)15-11-16(22-19(20)21-15)14-8-9-17(23-2)18(10-14)24-3/h4-11H,1-3H3,(H2,20,21,22). The number of ether oxygens (including phenoxy) is 2. The first-order valence-electron chi connectivity index (χ1n) is 7.54. The summed E-state index contributed by atoms with van der Waals surface area (Å²) >= 11 is 0.